The topological polar surface area (TPSA) is 17.1 Å². The van der Waals surface area contributed by atoms with Gasteiger partial charge in [0, 0.05) is 0 Å². The fourth-order valence-corrected chi connectivity index (χ4v) is 0. The molecule has 0 saturated carbocycles. The Labute approximate surface area is 147 Å². The van der Waals surface area contributed by atoms with Crippen LogP contribution < -0.4 is 0 Å². The van der Waals surface area contributed by atoms with Crippen molar-refractivity contribution in [2.75, 3.05) is 0 Å². The molecule has 0 aromatic heterocycles. The Morgan fingerprint density at radius 3 is 1.20 bits per heavy atom. The van der Waals surface area contributed by atoms with Crippen LogP contribution in [0.25, 0.3) is 0 Å². The molecule has 0 radical (unpaired) electrons. The van der Waals surface area contributed by atoms with Gasteiger partial charge in [-0.3, -0.25) is 0 Å². The molecule has 1 nitrogen and oxygen atoms in total. The second-order valence-corrected chi connectivity index (χ2v) is 0. The van der Waals surface area contributed by atoms with Crippen molar-refractivity contribution in [3.63, 3.8) is 0 Å². The monoisotopic (exact) mass is 316 g/mol. The predicted molar refractivity (Wildman–Crippen MR) is 33.5 cm³/mol. The van der Waals surface area contributed by atoms with Crippen molar-refractivity contribution < 1.29 is 3.80 Å². The third kappa shape index (κ3) is 17.7. The molecule has 0 aromatic carbocycles. The molecule has 0 aromatic rings. The number of hydrogen-bond donors (Lipinski definition) is 0. The first-order valence-corrected chi connectivity index (χ1v) is 0.866. The minimum atomic E-state index is 0. The van der Waals surface area contributed by atoms with Gasteiger partial charge in [0.15, 0.2) is 0 Å². The van der Waals surface area contributed by atoms with Crippen molar-refractivity contribution in [1.29, 1.82) is 0 Å². The van der Waals surface area contributed by atoms with Crippen molar-refractivity contribution in [3.05, 3.63) is 0 Å². The van der Waals surface area contributed by atoms with E-state index in [1.54, 1.807) is 0 Å². The molecule has 0 rings (SSSR count). The van der Waals surface area contributed by atoms with E-state index in [4.69, 9.17) is 3.80 Å². The van der Waals surface area contributed by atoms with Crippen LogP contribution in [0.5, 0.6) is 0 Å². The maximum absolute atomic E-state index is 8.28. The summed E-state index contributed by atoms with van der Waals surface area (Å²) in [6, 6.07) is 0. The fraction of sp³-hybridized carbons (Fsp3) is 0. The zero-order valence-electron chi connectivity index (χ0n) is 1.12. The van der Waals surface area contributed by atoms with E-state index in [0.717, 1.165) is 0 Å². The minimum absolute atomic E-state index is 0. The van der Waals surface area contributed by atoms with Gasteiger partial charge in [-0.25, -0.2) is 0 Å². The molecule has 5 heteroatoms. The molecule has 0 amide bonds. The Hall–Kier alpha value is 4.64. The van der Waals surface area contributed by atoms with Crippen LogP contribution in [-0.2, 0) is 3.80 Å². The van der Waals surface area contributed by atoms with E-state index in [-0.39, 0.29) is 132 Å². The summed E-state index contributed by atoms with van der Waals surface area (Å²) in [4.78, 5) is 0. The first kappa shape index (κ1) is 22.6. The van der Waals surface area contributed by atoms with Gasteiger partial charge in [0.1, 0.15) is 0 Å². The average Bonchev–Trinajstić information content (AvgIpc) is 1.00. The van der Waals surface area contributed by atoms with Crippen LogP contribution in [0, 0.1) is 0 Å². The summed E-state index contributed by atoms with van der Waals surface area (Å²) in [7, 11) is 0. The second-order valence-electron chi connectivity index (χ2n) is 0. The van der Waals surface area contributed by atoms with Crippen LogP contribution in [0.2, 0.25) is 0 Å². The molecule has 0 spiro atoms. The molecule has 5 heavy (non-hydrogen) atoms. The van der Waals surface area contributed by atoms with E-state index in [9.17, 15) is 0 Å². The quantitative estimate of drug-likeness (QED) is 0.424. The SMILES string of the molecule is [BaH2].[CaH2].[O]=[AlH].[SrH2]. The van der Waals surface area contributed by atoms with Crippen LogP contribution in [-0.4, -0.2) is 148 Å². The van der Waals surface area contributed by atoms with Crippen molar-refractivity contribution in [2.45, 2.75) is 0 Å². The summed E-state index contributed by atoms with van der Waals surface area (Å²) in [6.45, 7) is 0. The van der Waals surface area contributed by atoms with Gasteiger partial charge >= 0.3 is 152 Å². The van der Waals surface area contributed by atoms with Gasteiger partial charge in [-0.2, -0.15) is 0 Å². The van der Waals surface area contributed by atoms with E-state index in [0.29, 0.717) is 16.2 Å². The first-order valence-electron chi connectivity index (χ1n) is 0.289. The second kappa shape index (κ2) is 23.4. The van der Waals surface area contributed by atoms with Gasteiger partial charge in [0.25, 0.3) is 0 Å². The average molecular weight is 315 g/mol. The standard InChI is InChI=1S/Al.Ba.Ca.O.Sr.7H. The van der Waals surface area contributed by atoms with Gasteiger partial charge in [-0.1, -0.05) is 0 Å². The van der Waals surface area contributed by atoms with Gasteiger partial charge in [-0.15, -0.1) is 0 Å². The molecule has 0 saturated heterocycles. The molecule has 0 N–H and O–H groups in total. The Bertz CT molecular complexity index is 11.6. The van der Waals surface area contributed by atoms with E-state index in [1.165, 1.54) is 0 Å². The molecule has 0 unspecified atom stereocenters. The third-order valence-electron chi connectivity index (χ3n) is 0. The van der Waals surface area contributed by atoms with Gasteiger partial charge in [0.05, 0.1) is 0 Å². The Morgan fingerprint density at radius 2 is 1.20 bits per heavy atom. The van der Waals surface area contributed by atoms with E-state index in [1.807, 2.05) is 0 Å². The molecule has 0 fully saturated rings. The molecular weight excluding hydrogens is 308 g/mol. The summed E-state index contributed by atoms with van der Waals surface area (Å²) >= 11 is 0.611. The normalized spacial score (nSPS) is 0.600. The van der Waals surface area contributed by atoms with Crippen LogP contribution >= 0.6 is 0 Å². The summed E-state index contributed by atoms with van der Waals surface area (Å²) in [5, 5.41) is 0. The molecule has 0 bridgehead atoms. The Kier molecular flexibility index (Phi) is 106. The molecule has 22 valence electrons. The summed E-state index contributed by atoms with van der Waals surface area (Å²) in [6.07, 6.45) is 0. The zero-order chi connectivity index (χ0) is 2.00. The van der Waals surface area contributed by atoms with Crippen molar-refractivity contribution in [1.82, 2.24) is 0 Å². The van der Waals surface area contributed by atoms with Crippen LogP contribution in [0.1, 0.15) is 0 Å². The van der Waals surface area contributed by atoms with Gasteiger partial charge in [0.2, 0.25) is 0 Å². The fourth-order valence-electron chi connectivity index (χ4n) is 0. The maximum atomic E-state index is 8.28. The number of rotatable bonds is 0. The Morgan fingerprint density at radius 1 is 1.20 bits per heavy atom. The van der Waals surface area contributed by atoms with Crippen LogP contribution in [0.3, 0.4) is 0 Å². The van der Waals surface area contributed by atoms with Crippen molar-refractivity contribution >= 4 is 148 Å². The first-order chi connectivity index (χ1) is 1.00. The van der Waals surface area contributed by atoms with Crippen molar-refractivity contribution in [3.8, 4) is 0 Å². The predicted octanol–water partition coefficient (Wildman–Crippen LogP) is -3.52. The number of hydrogen-bond acceptors (Lipinski definition) is 1. The van der Waals surface area contributed by atoms with E-state index >= 15 is 0 Å². The third-order valence-corrected chi connectivity index (χ3v) is 0. The molecule has 0 aliphatic rings. The molecule has 0 aliphatic heterocycles. The molecular formula is H7AlBaCaOSr. The summed E-state index contributed by atoms with van der Waals surface area (Å²) in [5.74, 6) is 0. The van der Waals surface area contributed by atoms with Gasteiger partial charge in [-0.05, 0) is 0 Å². The van der Waals surface area contributed by atoms with E-state index < -0.39 is 0 Å². The summed E-state index contributed by atoms with van der Waals surface area (Å²) in [5.41, 5.74) is 0. The van der Waals surface area contributed by atoms with Crippen molar-refractivity contribution in [2.24, 2.45) is 0 Å². The molecule has 0 atom stereocenters. The van der Waals surface area contributed by atoms with E-state index in [2.05, 4.69) is 0 Å². The van der Waals surface area contributed by atoms with Crippen LogP contribution in [0.4, 0.5) is 0 Å². The molecule has 0 heterocycles. The molecule has 0 aliphatic carbocycles. The van der Waals surface area contributed by atoms with Gasteiger partial charge < -0.3 is 0 Å². The summed E-state index contributed by atoms with van der Waals surface area (Å²) < 4.78 is 8.28. The van der Waals surface area contributed by atoms with Crippen LogP contribution in [0.15, 0.2) is 0 Å². The Balaban J connectivity index is -0.00000000167. The zero-order valence-corrected chi connectivity index (χ0v) is 2.53.